The second kappa shape index (κ2) is 6.75. The van der Waals surface area contributed by atoms with Crippen LogP contribution in [0, 0.1) is 11.8 Å². The minimum Gasteiger partial charge on any atom is -0.497 e. The van der Waals surface area contributed by atoms with Crippen molar-refractivity contribution >= 4 is 11.6 Å². The Morgan fingerprint density at radius 1 is 1.35 bits per heavy atom. The SMILES string of the molecule is COc1cccc(NC(=O)C[NH+]2C[C@H](C)C[C@@H](C)C2)c1. The standard InChI is InChI=1S/C16H24N2O2/c1-12-7-13(2)10-18(9-12)11-16(19)17-14-5-4-6-15(8-14)20-3/h4-6,8,12-13H,7,9-11H2,1-3H3,(H,17,19)/p+1/t12-,13-/m1/s1. The van der Waals surface area contributed by atoms with Gasteiger partial charge in [-0.05, 0) is 18.6 Å². The first-order chi connectivity index (χ1) is 9.56. The molecule has 1 saturated heterocycles. The Kier molecular flexibility index (Phi) is 5.01. The molecule has 20 heavy (non-hydrogen) atoms. The Balaban J connectivity index is 1.88. The number of piperidine rings is 1. The molecule has 2 atom stereocenters. The second-order valence-electron chi connectivity index (χ2n) is 6.06. The number of quaternary nitrogens is 1. The van der Waals surface area contributed by atoms with Crippen LogP contribution in [-0.2, 0) is 4.79 Å². The average Bonchev–Trinajstić information content (AvgIpc) is 2.37. The molecule has 2 N–H and O–H groups in total. The molecule has 0 saturated carbocycles. The zero-order chi connectivity index (χ0) is 14.5. The lowest BCUT2D eigenvalue weighted by Crippen LogP contribution is -3.15. The lowest BCUT2D eigenvalue weighted by Gasteiger charge is -2.31. The first kappa shape index (κ1) is 14.9. The van der Waals surface area contributed by atoms with Gasteiger partial charge in [0.05, 0.1) is 20.2 Å². The lowest BCUT2D eigenvalue weighted by atomic mass is 9.92. The highest BCUT2D eigenvalue weighted by molar-refractivity contribution is 5.91. The second-order valence-corrected chi connectivity index (χ2v) is 6.06. The average molecular weight is 277 g/mol. The van der Waals surface area contributed by atoms with E-state index in [2.05, 4.69) is 19.2 Å². The Morgan fingerprint density at radius 3 is 2.70 bits per heavy atom. The van der Waals surface area contributed by atoms with Gasteiger partial charge in [0.25, 0.3) is 5.91 Å². The molecule has 1 fully saturated rings. The van der Waals surface area contributed by atoms with Gasteiger partial charge in [-0.2, -0.15) is 0 Å². The Bertz CT molecular complexity index is 452. The van der Waals surface area contributed by atoms with Crippen LogP contribution in [0.1, 0.15) is 20.3 Å². The van der Waals surface area contributed by atoms with Crippen LogP contribution in [0.2, 0.25) is 0 Å². The van der Waals surface area contributed by atoms with Crippen molar-refractivity contribution in [2.24, 2.45) is 11.8 Å². The van der Waals surface area contributed by atoms with Crippen molar-refractivity contribution < 1.29 is 14.4 Å². The number of rotatable bonds is 4. The summed E-state index contributed by atoms with van der Waals surface area (Å²) in [6.07, 6.45) is 1.28. The van der Waals surface area contributed by atoms with Crippen LogP contribution >= 0.6 is 0 Å². The van der Waals surface area contributed by atoms with E-state index in [9.17, 15) is 4.79 Å². The van der Waals surface area contributed by atoms with Crippen LogP contribution in [0.4, 0.5) is 5.69 Å². The monoisotopic (exact) mass is 277 g/mol. The quantitative estimate of drug-likeness (QED) is 0.868. The third-order valence-corrected chi connectivity index (χ3v) is 3.84. The van der Waals surface area contributed by atoms with E-state index in [1.807, 2.05) is 24.3 Å². The lowest BCUT2D eigenvalue weighted by molar-refractivity contribution is -0.904. The predicted molar refractivity (Wildman–Crippen MR) is 80.1 cm³/mol. The molecule has 1 heterocycles. The summed E-state index contributed by atoms with van der Waals surface area (Å²) in [4.78, 5) is 13.5. The van der Waals surface area contributed by atoms with Gasteiger partial charge in [0, 0.05) is 23.6 Å². The summed E-state index contributed by atoms with van der Waals surface area (Å²) in [5, 5.41) is 2.95. The largest absolute Gasteiger partial charge is 0.497 e. The maximum absolute atomic E-state index is 12.1. The van der Waals surface area contributed by atoms with Gasteiger partial charge in [-0.15, -0.1) is 0 Å². The zero-order valence-corrected chi connectivity index (χ0v) is 12.6. The summed E-state index contributed by atoms with van der Waals surface area (Å²) in [5.41, 5.74) is 0.798. The fourth-order valence-electron chi connectivity index (χ4n) is 3.20. The molecule has 2 rings (SSSR count). The highest BCUT2D eigenvalue weighted by atomic mass is 16.5. The molecule has 1 aromatic carbocycles. The van der Waals surface area contributed by atoms with Crippen molar-refractivity contribution in [3.8, 4) is 5.75 Å². The van der Waals surface area contributed by atoms with Crippen molar-refractivity contribution in [1.29, 1.82) is 0 Å². The molecule has 1 aliphatic heterocycles. The number of hydrogen-bond acceptors (Lipinski definition) is 2. The number of carbonyl (C=O) groups is 1. The first-order valence-corrected chi connectivity index (χ1v) is 7.34. The van der Waals surface area contributed by atoms with E-state index in [0.717, 1.165) is 24.5 Å². The van der Waals surface area contributed by atoms with Crippen molar-refractivity contribution in [3.63, 3.8) is 0 Å². The number of nitrogens with one attached hydrogen (secondary N) is 2. The van der Waals surface area contributed by atoms with Crippen LogP contribution in [0.15, 0.2) is 24.3 Å². The molecule has 0 radical (unpaired) electrons. The van der Waals surface area contributed by atoms with E-state index in [-0.39, 0.29) is 5.91 Å². The Labute approximate surface area is 121 Å². The van der Waals surface area contributed by atoms with Gasteiger partial charge in [0.15, 0.2) is 6.54 Å². The zero-order valence-electron chi connectivity index (χ0n) is 12.6. The maximum atomic E-state index is 12.1. The number of anilines is 1. The smallest absolute Gasteiger partial charge is 0.279 e. The molecule has 1 aromatic rings. The summed E-state index contributed by atoms with van der Waals surface area (Å²) >= 11 is 0. The number of hydrogen-bond donors (Lipinski definition) is 2. The number of likely N-dealkylation sites (tertiary alicyclic amines) is 1. The van der Waals surface area contributed by atoms with Crippen LogP contribution in [0.3, 0.4) is 0 Å². The fraction of sp³-hybridized carbons (Fsp3) is 0.562. The topological polar surface area (TPSA) is 42.8 Å². The molecule has 4 nitrogen and oxygen atoms in total. The van der Waals surface area contributed by atoms with Crippen molar-refractivity contribution in [3.05, 3.63) is 24.3 Å². The number of ether oxygens (including phenoxy) is 1. The molecule has 0 aromatic heterocycles. The number of carbonyl (C=O) groups excluding carboxylic acids is 1. The van der Waals surface area contributed by atoms with E-state index in [1.165, 1.54) is 11.3 Å². The van der Waals surface area contributed by atoms with Gasteiger partial charge >= 0.3 is 0 Å². The van der Waals surface area contributed by atoms with Crippen molar-refractivity contribution in [2.75, 3.05) is 32.1 Å². The number of amides is 1. The van der Waals surface area contributed by atoms with Gasteiger partial charge in [-0.25, -0.2) is 0 Å². The van der Waals surface area contributed by atoms with Crippen molar-refractivity contribution in [1.82, 2.24) is 0 Å². The summed E-state index contributed by atoms with van der Waals surface area (Å²) in [7, 11) is 1.63. The number of benzene rings is 1. The van der Waals surface area contributed by atoms with E-state index in [4.69, 9.17) is 4.74 Å². The summed E-state index contributed by atoms with van der Waals surface area (Å²) < 4.78 is 5.16. The summed E-state index contributed by atoms with van der Waals surface area (Å²) in [6, 6.07) is 7.48. The predicted octanol–water partition coefficient (Wildman–Crippen LogP) is 1.19. The molecule has 4 heteroatoms. The highest BCUT2D eigenvalue weighted by Crippen LogP contribution is 2.16. The maximum Gasteiger partial charge on any atom is 0.279 e. The molecule has 0 bridgehead atoms. The molecule has 0 aliphatic carbocycles. The third kappa shape index (κ3) is 4.23. The van der Waals surface area contributed by atoms with Crippen LogP contribution in [-0.4, -0.2) is 32.7 Å². The first-order valence-electron chi connectivity index (χ1n) is 7.34. The molecule has 0 unspecified atom stereocenters. The van der Waals surface area contributed by atoms with Crippen LogP contribution < -0.4 is 15.0 Å². The van der Waals surface area contributed by atoms with E-state index < -0.39 is 0 Å². The summed E-state index contributed by atoms with van der Waals surface area (Å²) in [5.74, 6) is 2.25. The van der Waals surface area contributed by atoms with Crippen LogP contribution in [0.25, 0.3) is 0 Å². The van der Waals surface area contributed by atoms with Crippen molar-refractivity contribution in [2.45, 2.75) is 20.3 Å². The fourth-order valence-corrected chi connectivity index (χ4v) is 3.20. The Hall–Kier alpha value is -1.55. The molecular formula is C16H25N2O2+. The normalized spacial score (nSPS) is 26.1. The van der Waals surface area contributed by atoms with Gasteiger partial charge in [-0.3, -0.25) is 4.79 Å². The van der Waals surface area contributed by atoms with Gasteiger partial charge in [-0.1, -0.05) is 19.9 Å². The minimum absolute atomic E-state index is 0.0783. The molecule has 110 valence electrons. The van der Waals surface area contributed by atoms with Gasteiger partial charge < -0.3 is 15.0 Å². The Morgan fingerprint density at radius 2 is 2.05 bits per heavy atom. The molecule has 0 spiro atoms. The summed E-state index contributed by atoms with van der Waals surface area (Å²) in [6.45, 7) is 7.28. The van der Waals surface area contributed by atoms with E-state index >= 15 is 0 Å². The number of methoxy groups -OCH3 is 1. The van der Waals surface area contributed by atoms with Crippen LogP contribution in [0.5, 0.6) is 5.75 Å². The third-order valence-electron chi connectivity index (χ3n) is 3.84. The van der Waals surface area contributed by atoms with Gasteiger partial charge in [0.2, 0.25) is 0 Å². The van der Waals surface area contributed by atoms with Gasteiger partial charge in [0.1, 0.15) is 5.75 Å². The molecule has 1 amide bonds. The van der Waals surface area contributed by atoms with E-state index in [0.29, 0.717) is 18.4 Å². The van der Waals surface area contributed by atoms with E-state index in [1.54, 1.807) is 7.11 Å². The minimum atomic E-state index is 0.0783. The molecular weight excluding hydrogens is 252 g/mol. The highest BCUT2D eigenvalue weighted by Gasteiger charge is 2.26. The molecule has 1 aliphatic rings.